The number of nitrogens with one attached hydrogen (secondary N) is 1. The molecule has 1 amide bonds. The molecule has 256 valence electrons. The number of aromatic hydroxyl groups is 1. The smallest absolute Gasteiger partial charge is 0.256 e. The van der Waals surface area contributed by atoms with Crippen molar-refractivity contribution < 1.29 is 48.6 Å². The monoisotopic (exact) mass is 663 g/mol. The van der Waals surface area contributed by atoms with Gasteiger partial charge < -0.3 is 49.1 Å². The first-order valence-corrected chi connectivity index (χ1v) is 16.0. The second-order valence-electron chi connectivity index (χ2n) is 11.7. The highest BCUT2D eigenvalue weighted by Crippen LogP contribution is 2.44. The van der Waals surface area contributed by atoms with E-state index in [-0.39, 0.29) is 34.8 Å². The molecule has 48 heavy (non-hydrogen) atoms. The molecule has 3 aromatic carbocycles. The molecule has 5 unspecified atom stereocenters. The first-order valence-electron chi connectivity index (χ1n) is 16.0. The Morgan fingerprint density at radius 1 is 0.896 bits per heavy atom. The zero-order valence-electron chi connectivity index (χ0n) is 27.0. The zero-order valence-corrected chi connectivity index (χ0v) is 27.0. The van der Waals surface area contributed by atoms with Crippen LogP contribution in [-0.2, 0) is 9.53 Å². The lowest BCUT2D eigenvalue weighted by Gasteiger charge is -2.39. The number of fused-ring (bicyclic) bond motifs is 1. The molecular weight excluding hydrogens is 622 g/mol. The number of hydrogen-bond donors (Lipinski definition) is 5. The Hall–Kier alpha value is -4.62. The molecule has 5 rings (SSSR count). The van der Waals surface area contributed by atoms with E-state index in [1.165, 1.54) is 12.1 Å². The van der Waals surface area contributed by atoms with E-state index in [0.717, 1.165) is 24.8 Å². The van der Waals surface area contributed by atoms with Crippen molar-refractivity contribution in [1.82, 2.24) is 0 Å². The van der Waals surface area contributed by atoms with Gasteiger partial charge in [-0.2, -0.15) is 0 Å². The summed E-state index contributed by atoms with van der Waals surface area (Å²) in [6.07, 6.45) is -5.51. The second-order valence-corrected chi connectivity index (χ2v) is 11.7. The van der Waals surface area contributed by atoms with Gasteiger partial charge in [-0.3, -0.25) is 9.59 Å². The van der Waals surface area contributed by atoms with E-state index in [1.807, 2.05) is 19.9 Å². The molecule has 0 spiro atoms. The maximum Gasteiger partial charge on any atom is 0.256 e. The molecule has 1 aromatic heterocycles. The SMILES string of the molecule is CCCCOc1ccc(-c2cc(=O)c3c(O)c(OCCCC)c(OC4OC(C(=O)Nc5cccc(C)c5)C(O)C(O)C4O)cc3o2)cc1. The summed E-state index contributed by atoms with van der Waals surface area (Å²) in [6.45, 7) is 6.60. The number of hydrogen-bond acceptors (Lipinski definition) is 11. The Morgan fingerprint density at radius 3 is 2.29 bits per heavy atom. The van der Waals surface area contributed by atoms with Gasteiger partial charge >= 0.3 is 0 Å². The molecule has 1 fully saturated rings. The lowest BCUT2D eigenvalue weighted by molar-refractivity contribution is -0.265. The minimum absolute atomic E-state index is 0.0595. The lowest BCUT2D eigenvalue weighted by atomic mass is 9.98. The number of phenols is 1. The summed E-state index contributed by atoms with van der Waals surface area (Å²) in [7, 11) is 0. The van der Waals surface area contributed by atoms with E-state index in [9.17, 15) is 30.0 Å². The van der Waals surface area contributed by atoms with Crippen molar-refractivity contribution in [3.05, 3.63) is 76.5 Å². The Morgan fingerprint density at radius 2 is 1.60 bits per heavy atom. The van der Waals surface area contributed by atoms with Crippen LogP contribution in [0.5, 0.6) is 23.0 Å². The van der Waals surface area contributed by atoms with Crippen molar-refractivity contribution in [2.75, 3.05) is 18.5 Å². The van der Waals surface area contributed by atoms with Gasteiger partial charge in [0.05, 0.1) is 13.2 Å². The molecule has 12 heteroatoms. The van der Waals surface area contributed by atoms with E-state index in [2.05, 4.69) is 12.2 Å². The van der Waals surface area contributed by atoms with Crippen molar-refractivity contribution in [1.29, 1.82) is 0 Å². The fourth-order valence-corrected chi connectivity index (χ4v) is 5.22. The number of unbranched alkanes of at least 4 members (excludes halogenated alkanes) is 2. The van der Waals surface area contributed by atoms with Gasteiger partial charge in [0, 0.05) is 23.4 Å². The van der Waals surface area contributed by atoms with Gasteiger partial charge in [-0.15, -0.1) is 0 Å². The normalized spacial score (nSPS) is 20.8. The van der Waals surface area contributed by atoms with E-state index >= 15 is 0 Å². The van der Waals surface area contributed by atoms with Gasteiger partial charge in [-0.25, -0.2) is 0 Å². The summed E-state index contributed by atoms with van der Waals surface area (Å²) < 4.78 is 29.3. The van der Waals surface area contributed by atoms with Crippen LogP contribution >= 0.6 is 0 Å². The summed E-state index contributed by atoms with van der Waals surface area (Å²) in [5.74, 6) is -0.882. The van der Waals surface area contributed by atoms with E-state index in [1.54, 1.807) is 42.5 Å². The van der Waals surface area contributed by atoms with Gasteiger partial charge in [0.1, 0.15) is 40.8 Å². The summed E-state index contributed by atoms with van der Waals surface area (Å²) in [5, 5.41) is 45.9. The number of carbonyl (C=O) groups excluding carboxylic acids is 1. The van der Waals surface area contributed by atoms with Gasteiger partial charge in [-0.1, -0.05) is 38.8 Å². The highest BCUT2D eigenvalue weighted by molar-refractivity contribution is 5.95. The third-order valence-corrected chi connectivity index (χ3v) is 7.92. The molecule has 1 aliphatic rings. The van der Waals surface area contributed by atoms with Crippen molar-refractivity contribution in [3.63, 3.8) is 0 Å². The Balaban J connectivity index is 1.48. The third-order valence-electron chi connectivity index (χ3n) is 7.92. The number of rotatable bonds is 13. The van der Waals surface area contributed by atoms with Crippen LogP contribution in [0, 0.1) is 6.92 Å². The molecule has 1 aliphatic heterocycles. The predicted octanol–water partition coefficient (Wildman–Crippen LogP) is 4.66. The number of amides is 1. The average molecular weight is 664 g/mol. The summed E-state index contributed by atoms with van der Waals surface area (Å²) >= 11 is 0. The van der Waals surface area contributed by atoms with Gasteiger partial charge in [0.15, 0.2) is 23.0 Å². The molecule has 2 heterocycles. The van der Waals surface area contributed by atoms with Crippen LogP contribution in [0.25, 0.3) is 22.3 Å². The van der Waals surface area contributed by atoms with E-state index in [4.69, 9.17) is 23.4 Å². The summed E-state index contributed by atoms with van der Waals surface area (Å²) in [5.41, 5.74) is 1.29. The molecule has 0 bridgehead atoms. The minimum Gasteiger partial charge on any atom is -0.504 e. The number of ether oxygens (including phenoxy) is 4. The summed E-state index contributed by atoms with van der Waals surface area (Å²) in [6, 6.07) is 16.5. The maximum absolute atomic E-state index is 13.3. The van der Waals surface area contributed by atoms with Crippen LogP contribution < -0.4 is 25.0 Å². The van der Waals surface area contributed by atoms with Crippen molar-refractivity contribution in [2.45, 2.75) is 77.2 Å². The molecule has 0 aliphatic carbocycles. The van der Waals surface area contributed by atoms with Crippen LogP contribution in [-0.4, -0.2) is 70.3 Å². The quantitative estimate of drug-likeness (QED) is 0.126. The second kappa shape index (κ2) is 15.5. The summed E-state index contributed by atoms with van der Waals surface area (Å²) in [4.78, 5) is 26.5. The largest absolute Gasteiger partial charge is 0.504 e. The van der Waals surface area contributed by atoms with E-state index in [0.29, 0.717) is 30.0 Å². The predicted molar refractivity (Wildman–Crippen MR) is 178 cm³/mol. The number of aliphatic hydroxyl groups excluding tert-OH is 3. The van der Waals surface area contributed by atoms with Crippen molar-refractivity contribution in [3.8, 4) is 34.3 Å². The highest BCUT2D eigenvalue weighted by atomic mass is 16.7. The van der Waals surface area contributed by atoms with Crippen LogP contribution in [0.3, 0.4) is 0 Å². The average Bonchev–Trinajstić information content (AvgIpc) is 3.06. The zero-order chi connectivity index (χ0) is 34.4. The maximum atomic E-state index is 13.3. The number of aliphatic hydroxyl groups is 3. The van der Waals surface area contributed by atoms with Gasteiger partial charge in [0.2, 0.25) is 12.0 Å². The number of aryl methyl sites for hydroxylation is 1. The van der Waals surface area contributed by atoms with Gasteiger partial charge in [0.25, 0.3) is 5.91 Å². The lowest BCUT2D eigenvalue weighted by Crippen LogP contribution is -2.62. The number of phenolic OH excluding ortho intramolecular Hbond substituents is 1. The molecule has 12 nitrogen and oxygen atoms in total. The molecule has 5 N–H and O–H groups in total. The highest BCUT2D eigenvalue weighted by Gasteiger charge is 2.48. The van der Waals surface area contributed by atoms with Crippen LogP contribution in [0.15, 0.2) is 69.9 Å². The molecule has 1 saturated heterocycles. The van der Waals surface area contributed by atoms with Crippen LogP contribution in [0.4, 0.5) is 5.69 Å². The number of carbonyl (C=O) groups is 1. The van der Waals surface area contributed by atoms with Gasteiger partial charge in [-0.05, 0) is 61.7 Å². The standard InChI is InChI=1S/C36H41NO11/c1-4-6-15-44-23-13-11-21(12-14-23)25-18-24(38)28-26(46-25)19-27(33(29(28)39)45-16-7-5-2)47-36-32(42)30(40)31(41)34(48-36)35(43)37-22-10-8-9-20(3)17-22/h8-14,17-19,30-32,34,36,39-42H,4-7,15-16H2,1-3H3,(H,37,43). The van der Waals surface area contributed by atoms with Crippen molar-refractivity contribution >= 4 is 22.6 Å². The molecule has 0 radical (unpaired) electrons. The number of benzene rings is 3. The van der Waals surface area contributed by atoms with E-state index < -0.39 is 47.8 Å². The minimum atomic E-state index is -1.84. The fourth-order valence-electron chi connectivity index (χ4n) is 5.22. The van der Waals surface area contributed by atoms with Crippen molar-refractivity contribution in [2.24, 2.45) is 0 Å². The Bertz CT molecular complexity index is 1770. The fraction of sp³-hybridized carbons (Fsp3) is 0.389. The first kappa shape index (κ1) is 34.7. The third kappa shape index (κ3) is 7.74. The topological polar surface area (TPSA) is 177 Å². The number of anilines is 1. The van der Waals surface area contributed by atoms with Crippen LogP contribution in [0.2, 0.25) is 0 Å². The Labute approximate surface area is 277 Å². The molecule has 5 atom stereocenters. The Kier molecular flexibility index (Phi) is 11.2. The molecule has 0 saturated carbocycles. The first-order chi connectivity index (χ1) is 23.1. The van der Waals surface area contributed by atoms with Crippen LogP contribution in [0.1, 0.15) is 45.1 Å². The molecular formula is C36H41NO11. The molecule has 4 aromatic rings.